The number of rotatable bonds is 8. The van der Waals surface area contributed by atoms with Crippen molar-refractivity contribution in [2.75, 3.05) is 11.5 Å². The fraction of sp³-hybridized carbons (Fsp3) is 0.122. The molecule has 0 heterocycles. The van der Waals surface area contributed by atoms with E-state index in [9.17, 15) is 52.7 Å². The SMILES string of the molecule is Nc1ccc(-c2ccc(Oc3ccc(C(c4ccc(Oc5ccc(-c6ccc(N)cc6)cc5C(F)(F)F)cc4)(C(F)(F)F)C(F)(F)F)cc3)c(C(F)(F)F)c2)cc1. The highest BCUT2D eigenvalue weighted by atomic mass is 19.4. The number of hydrogen-bond donors (Lipinski definition) is 2. The van der Waals surface area contributed by atoms with Gasteiger partial charge in [0.2, 0.25) is 5.41 Å². The van der Waals surface area contributed by atoms with E-state index in [0.29, 0.717) is 71.0 Å². The highest BCUT2D eigenvalue weighted by Crippen LogP contribution is 2.57. The van der Waals surface area contributed by atoms with Gasteiger partial charge >= 0.3 is 24.7 Å². The Morgan fingerprint density at radius 3 is 0.930 bits per heavy atom. The van der Waals surface area contributed by atoms with Gasteiger partial charge in [0.15, 0.2) is 0 Å². The Morgan fingerprint density at radius 2 is 0.649 bits per heavy atom. The van der Waals surface area contributed by atoms with Crippen LogP contribution in [0, 0.1) is 0 Å². The first-order valence-corrected chi connectivity index (χ1v) is 16.4. The van der Waals surface area contributed by atoms with Gasteiger partial charge in [-0.2, -0.15) is 52.7 Å². The standard InChI is InChI=1S/C41H26F12N2O2/c42-38(43,44)33-21-25(23-1-11-29(54)12-2-23)5-19-35(33)56-31-15-7-27(8-16-31)37(40(48,49)50,41(51,52)53)28-9-17-32(18-10-28)57-36-20-6-26(22-34(36)39(45,46)47)24-3-13-30(55)14-4-24/h1-22H,54-55H2. The average Bonchev–Trinajstić information content (AvgIpc) is 3.12. The van der Waals surface area contributed by atoms with Gasteiger partial charge in [-0.05, 0) is 106 Å². The first-order chi connectivity index (χ1) is 26.6. The summed E-state index contributed by atoms with van der Waals surface area (Å²) in [6.07, 6.45) is -22.1. The highest BCUT2D eigenvalue weighted by molar-refractivity contribution is 5.69. The monoisotopic (exact) mass is 806 g/mol. The van der Waals surface area contributed by atoms with Gasteiger partial charge in [-0.1, -0.05) is 60.7 Å². The van der Waals surface area contributed by atoms with Crippen LogP contribution in [0.3, 0.4) is 0 Å². The molecule has 4 nitrogen and oxygen atoms in total. The second-order valence-corrected chi connectivity index (χ2v) is 12.7. The first kappa shape index (κ1) is 40.3. The van der Waals surface area contributed by atoms with Gasteiger partial charge in [0.25, 0.3) is 0 Å². The predicted molar refractivity (Wildman–Crippen MR) is 189 cm³/mol. The zero-order valence-corrected chi connectivity index (χ0v) is 28.7. The van der Waals surface area contributed by atoms with Crippen LogP contribution in [0.4, 0.5) is 64.1 Å². The second kappa shape index (κ2) is 14.6. The predicted octanol–water partition coefficient (Wildman–Crippen LogP) is 13.2. The van der Waals surface area contributed by atoms with Crippen molar-refractivity contribution in [3.05, 3.63) is 156 Å². The number of ether oxygens (including phenoxy) is 2. The Labute approximate surface area is 315 Å². The van der Waals surface area contributed by atoms with Crippen molar-refractivity contribution in [3.8, 4) is 45.3 Å². The van der Waals surface area contributed by atoms with Crippen LogP contribution in [0.25, 0.3) is 22.3 Å². The number of anilines is 2. The number of hydrogen-bond acceptors (Lipinski definition) is 4. The van der Waals surface area contributed by atoms with E-state index in [1.54, 1.807) is 0 Å². The maximum atomic E-state index is 14.9. The van der Waals surface area contributed by atoms with Crippen molar-refractivity contribution in [1.82, 2.24) is 0 Å². The molecule has 16 heteroatoms. The minimum absolute atomic E-state index is 0.120. The molecule has 6 aromatic carbocycles. The summed E-state index contributed by atoms with van der Waals surface area (Å²) in [6.45, 7) is 0. The van der Waals surface area contributed by atoms with E-state index in [4.69, 9.17) is 20.9 Å². The van der Waals surface area contributed by atoms with E-state index in [0.717, 1.165) is 24.3 Å². The van der Waals surface area contributed by atoms with E-state index < -0.39 is 75.4 Å². The first-order valence-electron chi connectivity index (χ1n) is 16.4. The molecule has 0 bridgehead atoms. The van der Waals surface area contributed by atoms with Crippen LogP contribution in [0.1, 0.15) is 22.3 Å². The smallest absolute Gasteiger partial charge is 0.420 e. The van der Waals surface area contributed by atoms with Gasteiger partial charge in [-0.15, -0.1) is 0 Å². The maximum Gasteiger partial charge on any atom is 0.420 e. The molecule has 6 aromatic rings. The number of nitrogens with two attached hydrogens (primary N) is 2. The lowest BCUT2D eigenvalue weighted by Crippen LogP contribution is -2.54. The van der Waals surface area contributed by atoms with E-state index >= 15 is 0 Å². The Hall–Kier alpha value is -6.32. The summed E-state index contributed by atoms with van der Waals surface area (Å²) >= 11 is 0. The van der Waals surface area contributed by atoms with Crippen molar-refractivity contribution in [2.24, 2.45) is 0 Å². The zero-order valence-electron chi connectivity index (χ0n) is 28.7. The van der Waals surface area contributed by atoms with Crippen LogP contribution in [0.5, 0.6) is 23.0 Å². The summed E-state index contributed by atoms with van der Waals surface area (Å²) in [7, 11) is 0. The quantitative estimate of drug-likeness (QED) is 0.119. The molecule has 0 amide bonds. The molecular formula is C41H26F12N2O2. The topological polar surface area (TPSA) is 70.5 Å². The summed E-state index contributed by atoms with van der Waals surface area (Å²) in [5, 5.41) is 0. The molecule has 0 unspecified atom stereocenters. The molecule has 0 fully saturated rings. The Morgan fingerprint density at radius 1 is 0.351 bits per heavy atom. The van der Waals surface area contributed by atoms with Gasteiger partial charge < -0.3 is 20.9 Å². The van der Waals surface area contributed by atoms with Crippen molar-refractivity contribution in [1.29, 1.82) is 0 Å². The van der Waals surface area contributed by atoms with Crippen molar-refractivity contribution in [2.45, 2.75) is 30.1 Å². The Balaban J connectivity index is 1.33. The molecule has 57 heavy (non-hydrogen) atoms. The summed E-state index contributed by atoms with van der Waals surface area (Å²) in [5.74, 6) is -2.60. The van der Waals surface area contributed by atoms with Gasteiger partial charge in [0.1, 0.15) is 23.0 Å². The fourth-order valence-electron chi connectivity index (χ4n) is 6.17. The third-order valence-corrected chi connectivity index (χ3v) is 8.94. The lowest BCUT2D eigenvalue weighted by molar-refractivity contribution is -0.288. The summed E-state index contributed by atoms with van der Waals surface area (Å²) in [6, 6.07) is 22.0. The van der Waals surface area contributed by atoms with Crippen LogP contribution in [0.15, 0.2) is 133 Å². The molecular weight excluding hydrogens is 780 g/mol. The van der Waals surface area contributed by atoms with E-state index in [-0.39, 0.29) is 11.1 Å². The molecule has 0 aliphatic rings. The number of nitrogen functional groups attached to an aromatic ring is 2. The third-order valence-electron chi connectivity index (χ3n) is 8.94. The molecule has 0 radical (unpaired) electrons. The number of halogens is 12. The molecule has 0 aliphatic carbocycles. The third kappa shape index (κ3) is 8.16. The van der Waals surface area contributed by atoms with Crippen LogP contribution in [-0.4, -0.2) is 12.4 Å². The van der Waals surface area contributed by atoms with Crippen molar-refractivity contribution >= 4 is 11.4 Å². The highest BCUT2D eigenvalue weighted by Gasteiger charge is 2.72. The minimum Gasteiger partial charge on any atom is -0.457 e. The molecule has 0 aliphatic heterocycles. The van der Waals surface area contributed by atoms with Crippen LogP contribution in [0.2, 0.25) is 0 Å². The largest absolute Gasteiger partial charge is 0.457 e. The summed E-state index contributed by atoms with van der Waals surface area (Å²) in [5.41, 5.74) is 2.96. The van der Waals surface area contributed by atoms with Crippen LogP contribution in [-0.2, 0) is 17.8 Å². The molecule has 0 aromatic heterocycles. The molecule has 0 spiro atoms. The average molecular weight is 807 g/mol. The fourth-order valence-corrected chi connectivity index (χ4v) is 6.17. The normalized spacial score (nSPS) is 12.7. The lowest BCUT2D eigenvalue weighted by Gasteiger charge is -2.38. The van der Waals surface area contributed by atoms with Crippen LogP contribution < -0.4 is 20.9 Å². The molecule has 4 N–H and O–H groups in total. The van der Waals surface area contributed by atoms with Crippen molar-refractivity contribution in [3.63, 3.8) is 0 Å². The second-order valence-electron chi connectivity index (χ2n) is 12.7. The lowest BCUT2D eigenvalue weighted by atomic mass is 9.73. The van der Waals surface area contributed by atoms with E-state index in [1.807, 2.05) is 0 Å². The van der Waals surface area contributed by atoms with Crippen LogP contribution >= 0.6 is 0 Å². The minimum atomic E-state index is -6.07. The van der Waals surface area contributed by atoms with Gasteiger partial charge in [-0.25, -0.2) is 0 Å². The van der Waals surface area contributed by atoms with Gasteiger partial charge in [0, 0.05) is 11.4 Å². The maximum absolute atomic E-state index is 14.9. The summed E-state index contributed by atoms with van der Waals surface area (Å²) in [4.78, 5) is 0. The number of alkyl halides is 12. The summed E-state index contributed by atoms with van der Waals surface area (Å²) < 4.78 is 184. The number of benzene rings is 6. The molecule has 296 valence electrons. The van der Waals surface area contributed by atoms with E-state index in [2.05, 4.69) is 0 Å². The molecule has 0 saturated carbocycles. The molecule has 0 atom stereocenters. The Bertz CT molecular complexity index is 2180. The Kier molecular flexibility index (Phi) is 10.4. The van der Waals surface area contributed by atoms with Gasteiger partial charge in [-0.3, -0.25) is 0 Å². The van der Waals surface area contributed by atoms with E-state index in [1.165, 1.54) is 60.7 Å². The van der Waals surface area contributed by atoms with Crippen molar-refractivity contribution < 1.29 is 62.2 Å². The molecule has 6 rings (SSSR count). The van der Waals surface area contributed by atoms with Gasteiger partial charge in [0.05, 0.1) is 11.1 Å². The zero-order chi connectivity index (χ0) is 41.6. The molecule has 0 saturated heterocycles.